The second-order valence-electron chi connectivity index (χ2n) is 6.96. The zero-order valence-corrected chi connectivity index (χ0v) is 14.1. The molecule has 3 atom stereocenters. The highest BCUT2D eigenvalue weighted by atomic mass is 19.1. The molecule has 0 radical (unpaired) electrons. The Balaban J connectivity index is 1.47. The average Bonchev–Trinajstić information content (AvgIpc) is 3.27. The highest BCUT2D eigenvalue weighted by Crippen LogP contribution is 2.52. The molecule has 130 valence electrons. The lowest BCUT2D eigenvalue weighted by Gasteiger charge is -2.22. The molecular weight excluding hydrogens is 321 g/mol. The van der Waals surface area contributed by atoms with Gasteiger partial charge in [-0.05, 0) is 60.8 Å². The average molecular weight is 341 g/mol. The van der Waals surface area contributed by atoms with Crippen LogP contribution >= 0.6 is 0 Å². The maximum Gasteiger partial charge on any atom is 0.339 e. The maximum atomic E-state index is 14.1. The van der Waals surface area contributed by atoms with Gasteiger partial charge in [0.25, 0.3) is 5.88 Å². The fraction of sp³-hybridized carbons (Fsp3) is 0.400. The molecule has 2 aromatic rings. The highest BCUT2D eigenvalue weighted by molar-refractivity contribution is 5.88. The molecule has 4 rings (SSSR count). The predicted octanol–water partition coefficient (Wildman–Crippen LogP) is 4.70. The van der Waals surface area contributed by atoms with Crippen molar-refractivity contribution < 1.29 is 18.7 Å². The smallest absolute Gasteiger partial charge is 0.339 e. The maximum absolute atomic E-state index is 14.1. The van der Waals surface area contributed by atoms with E-state index in [1.165, 1.54) is 44.6 Å². The minimum absolute atomic E-state index is 0.0546. The highest BCUT2D eigenvalue weighted by Gasteiger charge is 2.39. The van der Waals surface area contributed by atoms with Crippen LogP contribution in [0.5, 0.6) is 11.6 Å². The van der Waals surface area contributed by atoms with Crippen molar-refractivity contribution in [3.05, 3.63) is 53.5 Å². The van der Waals surface area contributed by atoms with Crippen molar-refractivity contribution in [2.75, 3.05) is 7.11 Å². The Bertz CT molecular complexity index is 790. The van der Waals surface area contributed by atoms with E-state index < -0.39 is 11.8 Å². The minimum Gasteiger partial charge on any atom is -0.465 e. The number of hydrogen-bond acceptors (Lipinski definition) is 4. The molecule has 1 heterocycles. The number of methoxy groups -OCH3 is 1. The van der Waals surface area contributed by atoms with Crippen LogP contribution in [0.2, 0.25) is 0 Å². The Morgan fingerprint density at radius 3 is 2.60 bits per heavy atom. The fourth-order valence-electron chi connectivity index (χ4n) is 4.28. The molecule has 2 fully saturated rings. The first kappa shape index (κ1) is 16.1. The number of aromatic nitrogens is 1. The van der Waals surface area contributed by atoms with Crippen LogP contribution in [-0.4, -0.2) is 18.1 Å². The Morgan fingerprint density at radius 1 is 1.20 bits per heavy atom. The second kappa shape index (κ2) is 6.47. The number of pyridine rings is 1. The number of halogens is 1. The number of fused-ring (bicyclic) bond motifs is 2. The van der Waals surface area contributed by atoms with E-state index >= 15 is 0 Å². The van der Waals surface area contributed by atoms with Crippen molar-refractivity contribution in [2.24, 2.45) is 11.8 Å². The molecule has 1 unspecified atom stereocenters. The van der Waals surface area contributed by atoms with Gasteiger partial charge in [-0.2, -0.15) is 0 Å². The molecular formula is C20H20FNO3. The lowest BCUT2D eigenvalue weighted by atomic mass is 9.83. The van der Waals surface area contributed by atoms with Crippen LogP contribution in [0.1, 0.15) is 47.5 Å². The quantitative estimate of drug-likeness (QED) is 0.756. The lowest BCUT2D eigenvalue weighted by Crippen LogP contribution is -2.08. The van der Waals surface area contributed by atoms with Crippen LogP contribution in [0.3, 0.4) is 0 Å². The number of rotatable bonds is 4. The molecule has 0 saturated heterocycles. The number of carbonyl (C=O) groups excluding carboxylic acids is 1. The molecule has 5 heteroatoms. The second-order valence-corrected chi connectivity index (χ2v) is 6.96. The number of esters is 1. The first-order valence-corrected chi connectivity index (χ1v) is 8.65. The number of ether oxygens (including phenoxy) is 2. The van der Waals surface area contributed by atoms with E-state index in [0.717, 1.165) is 17.9 Å². The van der Waals surface area contributed by atoms with Crippen LogP contribution in [0.15, 0.2) is 36.5 Å². The van der Waals surface area contributed by atoms with E-state index in [1.807, 2.05) is 12.1 Å². The van der Waals surface area contributed by atoms with Crippen LogP contribution < -0.4 is 4.74 Å². The van der Waals surface area contributed by atoms with Gasteiger partial charge in [0.2, 0.25) is 0 Å². The van der Waals surface area contributed by atoms with Crippen LogP contribution in [-0.2, 0) is 4.74 Å². The van der Waals surface area contributed by atoms with Crippen molar-refractivity contribution in [3.63, 3.8) is 0 Å². The normalized spacial score (nSPS) is 24.3. The van der Waals surface area contributed by atoms with E-state index in [2.05, 4.69) is 21.9 Å². The SMILES string of the molecule is COC(=O)c1cnc(Oc2ccc(C3C[C@@H]4CC[C@H]3C4)cc2)c(F)c1. The van der Waals surface area contributed by atoms with Crippen LogP contribution in [0.25, 0.3) is 0 Å². The molecule has 0 N–H and O–H groups in total. The predicted molar refractivity (Wildman–Crippen MR) is 90.2 cm³/mol. The summed E-state index contributed by atoms with van der Waals surface area (Å²) in [6, 6.07) is 8.92. The van der Waals surface area contributed by atoms with Gasteiger partial charge in [-0.15, -0.1) is 0 Å². The third-order valence-corrected chi connectivity index (χ3v) is 5.49. The van der Waals surface area contributed by atoms with Gasteiger partial charge in [-0.1, -0.05) is 18.6 Å². The summed E-state index contributed by atoms with van der Waals surface area (Å²) in [5.41, 5.74) is 1.40. The Hall–Kier alpha value is -2.43. The van der Waals surface area contributed by atoms with Crippen LogP contribution in [0.4, 0.5) is 4.39 Å². The van der Waals surface area contributed by atoms with E-state index in [9.17, 15) is 9.18 Å². The van der Waals surface area contributed by atoms with Gasteiger partial charge >= 0.3 is 5.97 Å². The molecule has 2 bridgehead atoms. The molecule has 1 aromatic heterocycles. The van der Waals surface area contributed by atoms with Gasteiger partial charge < -0.3 is 9.47 Å². The van der Waals surface area contributed by atoms with Gasteiger partial charge in [0.05, 0.1) is 12.7 Å². The summed E-state index contributed by atoms with van der Waals surface area (Å²) < 4.78 is 24.1. The third-order valence-electron chi connectivity index (χ3n) is 5.49. The summed E-state index contributed by atoms with van der Waals surface area (Å²) in [4.78, 5) is 15.3. The van der Waals surface area contributed by atoms with Crippen molar-refractivity contribution >= 4 is 5.97 Å². The number of benzene rings is 1. The number of carbonyl (C=O) groups is 1. The van der Waals surface area contributed by atoms with Crippen molar-refractivity contribution in [2.45, 2.75) is 31.6 Å². The lowest BCUT2D eigenvalue weighted by molar-refractivity contribution is 0.0599. The fourth-order valence-corrected chi connectivity index (χ4v) is 4.28. The largest absolute Gasteiger partial charge is 0.465 e. The minimum atomic E-state index is -0.694. The molecule has 2 aliphatic rings. The topological polar surface area (TPSA) is 48.4 Å². The Labute approximate surface area is 146 Å². The molecule has 4 nitrogen and oxygen atoms in total. The zero-order chi connectivity index (χ0) is 17.4. The molecule has 0 spiro atoms. The third kappa shape index (κ3) is 3.11. The molecule has 2 aliphatic carbocycles. The van der Waals surface area contributed by atoms with E-state index in [0.29, 0.717) is 11.7 Å². The zero-order valence-electron chi connectivity index (χ0n) is 14.1. The Morgan fingerprint density at radius 2 is 2.00 bits per heavy atom. The van der Waals surface area contributed by atoms with Gasteiger partial charge in [0.1, 0.15) is 5.75 Å². The summed E-state index contributed by atoms with van der Waals surface area (Å²) in [6.45, 7) is 0. The van der Waals surface area contributed by atoms with Gasteiger partial charge in [0.15, 0.2) is 5.82 Å². The monoisotopic (exact) mass is 341 g/mol. The van der Waals surface area contributed by atoms with Crippen molar-refractivity contribution in [1.29, 1.82) is 0 Å². The van der Waals surface area contributed by atoms with E-state index in [1.54, 1.807) is 0 Å². The standard InChI is InChI=1S/C20H20FNO3/c1-24-20(23)15-10-18(21)19(22-11-15)25-16-6-4-13(5-7-16)17-9-12-2-3-14(17)8-12/h4-7,10-12,14,17H,2-3,8-9H2,1H3/t12-,14+,17?/m1/s1. The molecule has 2 saturated carbocycles. The van der Waals surface area contributed by atoms with Gasteiger partial charge in [-0.25, -0.2) is 14.2 Å². The first-order valence-electron chi connectivity index (χ1n) is 8.65. The molecule has 0 amide bonds. The molecule has 25 heavy (non-hydrogen) atoms. The number of nitrogens with zero attached hydrogens (tertiary/aromatic N) is 1. The number of hydrogen-bond donors (Lipinski definition) is 0. The van der Waals surface area contributed by atoms with Gasteiger partial charge in [0, 0.05) is 6.20 Å². The Kier molecular flexibility index (Phi) is 4.15. The van der Waals surface area contributed by atoms with Crippen LogP contribution in [0, 0.1) is 17.7 Å². The van der Waals surface area contributed by atoms with Gasteiger partial charge in [-0.3, -0.25) is 0 Å². The summed E-state index contributed by atoms with van der Waals surface area (Å²) in [7, 11) is 1.24. The summed E-state index contributed by atoms with van der Waals surface area (Å²) in [5.74, 6) is 1.43. The summed E-state index contributed by atoms with van der Waals surface area (Å²) >= 11 is 0. The van der Waals surface area contributed by atoms with Crippen molar-refractivity contribution in [1.82, 2.24) is 4.98 Å². The summed E-state index contributed by atoms with van der Waals surface area (Å²) in [5, 5.41) is 0. The first-order chi connectivity index (χ1) is 12.1. The van der Waals surface area contributed by atoms with E-state index in [-0.39, 0.29) is 11.4 Å². The van der Waals surface area contributed by atoms with Crippen molar-refractivity contribution in [3.8, 4) is 11.6 Å². The molecule has 1 aromatic carbocycles. The van der Waals surface area contributed by atoms with E-state index in [4.69, 9.17) is 4.74 Å². The molecule has 0 aliphatic heterocycles. The summed E-state index contributed by atoms with van der Waals surface area (Å²) in [6.07, 6.45) is 6.62.